The van der Waals surface area contributed by atoms with Gasteiger partial charge in [-0.3, -0.25) is 4.98 Å². The molecule has 4 nitrogen and oxygen atoms in total. The molecule has 1 heterocycles. The normalized spacial score (nSPS) is 11.2. The van der Waals surface area contributed by atoms with Gasteiger partial charge in [0, 0.05) is 18.1 Å². The molecule has 1 aromatic heterocycles. The van der Waals surface area contributed by atoms with E-state index >= 15 is 0 Å². The highest BCUT2D eigenvalue weighted by Gasteiger charge is 2.01. The Balaban J connectivity index is 1.73. The van der Waals surface area contributed by atoms with Crippen molar-refractivity contribution in [2.24, 2.45) is 0 Å². The first-order valence-electron chi connectivity index (χ1n) is 7.09. The Morgan fingerprint density at radius 2 is 2.00 bits per heavy atom. The molecule has 0 saturated carbocycles. The maximum absolute atomic E-state index is 5.81. The van der Waals surface area contributed by atoms with Crippen molar-refractivity contribution in [2.75, 3.05) is 40.3 Å². The minimum absolute atomic E-state index is 0.664. The first kappa shape index (κ1) is 14.8. The van der Waals surface area contributed by atoms with E-state index in [9.17, 15) is 0 Å². The maximum Gasteiger partial charge on any atom is 0.145 e. The fraction of sp³-hybridized carbons (Fsp3) is 0.438. The SMILES string of the molecule is CN(C)CCCNCCOc1cccc2cccnc12. The molecule has 2 aromatic rings. The monoisotopic (exact) mass is 273 g/mol. The smallest absolute Gasteiger partial charge is 0.145 e. The van der Waals surface area contributed by atoms with E-state index < -0.39 is 0 Å². The van der Waals surface area contributed by atoms with Crippen LogP contribution in [0.3, 0.4) is 0 Å². The summed E-state index contributed by atoms with van der Waals surface area (Å²) in [5, 5.41) is 4.50. The number of pyridine rings is 1. The zero-order valence-corrected chi connectivity index (χ0v) is 12.3. The van der Waals surface area contributed by atoms with Gasteiger partial charge in [-0.15, -0.1) is 0 Å². The third-order valence-corrected chi connectivity index (χ3v) is 3.09. The molecule has 0 unspecified atom stereocenters. The number of fused-ring (bicyclic) bond motifs is 1. The second kappa shape index (κ2) is 7.82. The molecule has 0 aliphatic rings. The van der Waals surface area contributed by atoms with Gasteiger partial charge < -0.3 is 15.0 Å². The van der Waals surface area contributed by atoms with Crippen molar-refractivity contribution >= 4 is 10.9 Å². The molecule has 0 spiro atoms. The number of benzene rings is 1. The van der Waals surface area contributed by atoms with E-state index in [-0.39, 0.29) is 0 Å². The fourth-order valence-electron chi connectivity index (χ4n) is 2.07. The standard InChI is InChI=1S/C16H23N3O/c1-19(2)12-5-9-17-11-13-20-15-8-3-6-14-7-4-10-18-16(14)15/h3-4,6-8,10,17H,5,9,11-13H2,1-2H3. The van der Waals surface area contributed by atoms with Crippen molar-refractivity contribution in [1.29, 1.82) is 0 Å². The summed E-state index contributed by atoms with van der Waals surface area (Å²) in [4.78, 5) is 6.57. The highest BCUT2D eigenvalue weighted by Crippen LogP contribution is 2.22. The molecule has 2 rings (SSSR count). The van der Waals surface area contributed by atoms with E-state index in [4.69, 9.17) is 4.74 Å². The Hall–Kier alpha value is -1.65. The number of rotatable bonds is 8. The van der Waals surface area contributed by atoms with Crippen LogP contribution in [0.15, 0.2) is 36.5 Å². The summed E-state index contributed by atoms with van der Waals surface area (Å²) in [6.07, 6.45) is 2.96. The summed E-state index contributed by atoms with van der Waals surface area (Å²) in [7, 11) is 4.19. The predicted molar refractivity (Wildman–Crippen MR) is 83.3 cm³/mol. The first-order chi connectivity index (χ1) is 9.77. The number of nitrogens with zero attached hydrogens (tertiary/aromatic N) is 2. The number of nitrogens with one attached hydrogen (secondary N) is 1. The summed E-state index contributed by atoms with van der Waals surface area (Å²) >= 11 is 0. The molecule has 20 heavy (non-hydrogen) atoms. The Morgan fingerprint density at radius 3 is 2.85 bits per heavy atom. The van der Waals surface area contributed by atoms with Gasteiger partial charge in [0.15, 0.2) is 0 Å². The van der Waals surface area contributed by atoms with Crippen LogP contribution in [-0.2, 0) is 0 Å². The number of hydrogen-bond acceptors (Lipinski definition) is 4. The van der Waals surface area contributed by atoms with Gasteiger partial charge in [0.05, 0.1) is 0 Å². The molecule has 108 valence electrons. The van der Waals surface area contributed by atoms with E-state index in [1.807, 2.05) is 18.2 Å². The highest BCUT2D eigenvalue weighted by molar-refractivity contribution is 5.84. The summed E-state index contributed by atoms with van der Waals surface area (Å²) < 4.78 is 5.81. The lowest BCUT2D eigenvalue weighted by Gasteiger charge is -2.11. The number of hydrogen-bond donors (Lipinski definition) is 1. The molecular weight excluding hydrogens is 250 g/mol. The van der Waals surface area contributed by atoms with Crippen LogP contribution in [0.25, 0.3) is 10.9 Å². The molecule has 0 atom stereocenters. The van der Waals surface area contributed by atoms with Gasteiger partial charge in [-0.05, 0) is 45.7 Å². The van der Waals surface area contributed by atoms with Crippen LogP contribution in [0.4, 0.5) is 0 Å². The summed E-state index contributed by atoms with van der Waals surface area (Å²) in [6.45, 7) is 3.66. The van der Waals surface area contributed by atoms with E-state index in [0.29, 0.717) is 6.61 Å². The molecule has 0 aliphatic carbocycles. The molecule has 0 bridgehead atoms. The van der Waals surface area contributed by atoms with E-state index in [1.54, 1.807) is 6.20 Å². The summed E-state index contributed by atoms with van der Waals surface area (Å²) in [5.74, 6) is 0.859. The predicted octanol–water partition coefficient (Wildman–Crippen LogP) is 2.15. The van der Waals surface area contributed by atoms with Crippen LogP contribution in [0, 0.1) is 0 Å². The lowest BCUT2D eigenvalue weighted by atomic mass is 10.2. The van der Waals surface area contributed by atoms with Crippen molar-refractivity contribution < 1.29 is 4.74 Å². The number of aromatic nitrogens is 1. The van der Waals surface area contributed by atoms with Gasteiger partial charge in [0.25, 0.3) is 0 Å². The topological polar surface area (TPSA) is 37.4 Å². The van der Waals surface area contributed by atoms with Crippen LogP contribution in [0.2, 0.25) is 0 Å². The largest absolute Gasteiger partial charge is 0.490 e. The second-order valence-electron chi connectivity index (χ2n) is 5.09. The average molecular weight is 273 g/mol. The van der Waals surface area contributed by atoms with Gasteiger partial charge in [-0.25, -0.2) is 0 Å². The summed E-state index contributed by atoms with van der Waals surface area (Å²) in [6, 6.07) is 10.0. The first-order valence-corrected chi connectivity index (χ1v) is 7.09. The van der Waals surface area contributed by atoms with Gasteiger partial charge >= 0.3 is 0 Å². The molecule has 4 heteroatoms. The Morgan fingerprint density at radius 1 is 1.15 bits per heavy atom. The van der Waals surface area contributed by atoms with E-state index in [2.05, 4.69) is 41.4 Å². The van der Waals surface area contributed by atoms with Crippen LogP contribution in [0.1, 0.15) is 6.42 Å². The van der Waals surface area contributed by atoms with Gasteiger partial charge in [0.2, 0.25) is 0 Å². The zero-order chi connectivity index (χ0) is 14.2. The molecule has 0 fully saturated rings. The van der Waals surface area contributed by atoms with Crippen LogP contribution in [0.5, 0.6) is 5.75 Å². The van der Waals surface area contributed by atoms with Crippen molar-refractivity contribution in [3.63, 3.8) is 0 Å². The van der Waals surface area contributed by atoms with Crippen LogP contribution < -0.4 is 10.1 Å². The van der Waals surface area contributed by atoms with Crippen LogP contribution >= 0.6 is 0 Å². The van der Waals surface area contributed by atoms with E-state index in [0.717, 1.165) is 42.7 Å². The highest BCUT2D eigenvalue weighted by atomic mass is 16.5. The quantitative estimate of drug-likeness (QED) is 0.748. The molecule has 1 N–H and O–H groups in total. The molecule has 0 amide bonds. The number of para-hydroxylation sites is 1. The molecule has 0 radical (unpaired) electrons. The Bertz CT molecular complexity index is 523. The average Bonchev–Trinajstić information content (AvgIpc) is 2.46. The minimum atomic E-state index is 0.664. The second-order valence-corrected chi connectivity index (χ2v) is 5.09. The molecule has 0 saturated heterocycles. The fourth-order valence-corrected chi connectivity index (χ4v) is 2.07. The third kappa shape index (κ3) is 4.47. The molecule has 1 aromatic carbocycles. The number of ether oxygens (including phenoxy) is 1. The van der Waals surface area contributed by atoms with Crippen LogP contribution in [-0.4, -0.2) is 50.2 Å². The molecular formula is C16H23N3O. The van der Waals surface area contributed by atoms with Gasteiger partial charge in [0.1, 0.15) is 17.9 Å². The van der Waals surface area contributed by atoms with Crippen molar-refractivity contribution in [3.8, 4) is 5.75 Å². The molecule has 0 aliphatic heterocycles. The third-order valence-electron chi connectivity index (χ3n) is 3.09. The van der Waals surface area contributed by atoms with Crippen molar-refractivity contribution in [2.45, 2.75) is 6.42 Å². The van der Waals surface area contributed by atoms with E-state index in [1.165, 1.54) is 0 Å². The summed E-state index contributed by atoms with van der Waals surface area (Å²) in [5.41, 5.74) is 0.933. The lowest BCUT2D eigenvalue weighted by molar-refractivity contribution is 0.314. The Kier molecular flexibility index (Phi) is 5.77. The minimum Gasteiger partial charge on any atom is -0.490 e. The Labute approximate surface area is 120 Å². The lowest BCUT2D eigenvalue weighted by Crippen LogP contribution is -2.25. The zero-order valence-electron chi connectivity index (χ0n) is 12.3. The maximum atomic E-state index is 5.81. The van der Waals surface area contributed by atoms with Crippen molar-refractivity contribution in [3.05, 3.63) is 36.5 Å². The van der Waals surface area contributed by atoms with Crippen molar-refractivity contribution in [1.82, 2.24) is 15.2 Å². The van der Waals surface area contributed by atoms with Gasteiger partial charge in [-0.1, -0.05) is 18.2 Å². The van der Waals surface area contributed by atoms with Gasteiger partial charge in [-0.2, -0.15) is 0 Å².